The molecule has 9 heteroatoms. The number of amides is 2. The Kier molecular flexibility index (Phi) is 5.82. The van der Waals surface area contributed by atoms with Gasteiger partial charge in [-0.15, -0.1) is 0 Å². The van der Waals surface area contributed by atoms with Crippen LogP contribution in [0.15, 0.2) is 18.2 Å². The van der Waals surface area contributed by atoms with Gasteiger partial charge in [0.25, 0.3) is 0 Å². The zero-order valence-corrected chi connectivity index (χ0v) is 17.8. The van der Waals surface area contributed by atoms with E-state index in [4.69, 9.17) is 11.0 Å². The van der Waals surface area contributed by atoms with Crippen LogP contribution in [0, 0.1) is 28.6 Å². The van der Waals surface area contributed by atoms with E-state index < -0.39 is 34.5 Å². The Balaban J connectivity index is 1.54. The number of alkyl halides is 3. The van der Waals surface area contributed by atoms with Crippen molar-refractivity contribution in [1.82, 2.24) is 4.90 Å². The summed E-state index contributed by atoms with van der Waals surface area (Å²) in [6, 6.07) is 5.23. The molecule has 3 aliphatic rings. The summed E-state index contributed by atoms with van der Waals surface area (Å²) in [5.74, 6) is -0.691. The largest absolute Gasteiger partial charge is 0.417 e. The smallest absolute Gasteiger partial charge is 0.370 e. The predicted octanol–water partition coefficient (Wildman–Crippen LogP) is 3.30. The summed E-state index contributed by atoms with van der Waals surface area (Å²) in [6.07, 6.45) is 0.565. The lowest BCUT2D eigenvalue weighted by Gasteiger charge is -2.42. The van der Waals surface area contributed by atoms with Gasteiger partial charge in [0, 0.05) is 43.2 Å². The first-order valence-electron chi connectivity index (χ1n) is 11.1. The normalized spacial score (nSPS) is 23.5. The van der Waals surface area contributed by atoms with Crippen LogP contribution in [-0.4, -0.2) is 42.9 Å². The molecular formula is C23H27F3N4O2. The second kappa shape index (κ2) is 8.30. The monoisotopic (exact) mass is 448 g/mol. The second-order valence-electron chi connectivity index (χ2n) is 9.34. The molecule has 32 heavy (non-hydrogen) atoms. The Morgan fingerprint density at radius 1 is 1.16 bits per heavy atom. The molecule has 3 fully saturated rings. The highest BCUT2D eigenvalue weighted by atomic mass is 19.4. The summed E-state index contributed by atoms with van der Waals surface area (Å²) in [5, 5.41) is 9.04. The van der Waals surface area contributed by atoms with Gasteiger partial charge in [-0.25, -0.2) is 0 Å². The molecule has 1 unspecified atom stereocenters. The van der Waals surface area contributed by atoms with E-state index in [-0.39, 0.29) is 18.4 Å². The Morgan fingerprint density at radius 2 is 1.81 bits per heavy atom. The van der Waals surface area contributed by atoms with Crippen molar-refractivity contribution >= 4 is 17.5 Å². The number of piperidine rings is 1. The molecule has 1 saturated carbocycles. The molecule has 2 saturated heterocycles. The van der Waals surface area contributed by atoms with Gasteiger partial charge in [-0.3, -0.25) is 9.59 Å². The first-order chi connectivity index (χ1) is 15.1. The molecule has 2 amide bonds. The highest BCUT2D eigenvalue weighted by molar-refractivity contribution is 5.81. The number of halogens is 3. The van der Waals surface area contributed by atoms with Gasteiger partial charge in [-0.2, -0.15) is 18.4 Å². The number of nitriles is 1. The molecule has 6 nitrogen and oxygen atoms in total. The lowest BCUT2D eigenvalue weighted by molar-refractivity contribution is -0.139. The number of rotatable bonds is 3. The fourth-order valence-corrected chi connectivity index (χ4v) is 5.73. The van der Waals surface area contributed by atoms with E-state index in [1.54, 1.807) is 11.0 Å². The second-order valence-corrected chi connectivity index (χ2v) is 9.34. The first kappa shape index (κ1) is 22.4. The minimum absolute atomic E-state index is 0.0931. The van der Waals surface area contributed by atoms with Crippen molar-refractivity contribution in [1.29, 1.82) is 5.26 Å². The van der Waals surface area contributed by atoms with E-state index in [9.17, 15) is 22.8 Å². The molecule has 2 heterocycles. The number of hydrogen-bond donors (Lipinski definition) is 1. The maximum Gasteiger partial charge on any atom is 0.417 e. The van der Waals surface area contributed by atoms with Gasteiger partial charge >= 0.3 is 6.18 Å². The van der Waals surface area contributed by atoms with Crippen LogP contribution >= 0.6 is 0 Å². The SMILES string of the molecule is N#Cc1ccc(N2CC(C(N)=O)C3(CCN(C(=O)C4CCCC4)CC3)C2)cc1C(F)(F)F. The van der Waals surface area contributed by atoms with Crippen LogP contribution in [0.3, 0.4) is 0 Å². The van der Waals surface area contributed by atoms with Crippen LogP contribution in [0.1, 0.15) is 49.7 Å². The Labute approximate surface area is 185 Å². The summed E-state index contributed by atoms with van der Waals surface area (Å²) in [6.45, 7) is 1.70. The number of benzene rings is 1. The molecule has 172 valence electrons. The van der Waals surface area contributed by atoms with Crippen molar-refractivity contribution in [2.45, 2.75) is 44.7 Å². The van der Waals surface area contributed by atoms with Crippen molar-refractivity contribution < 1.29 is 22.8 Å². The van der Waals surface area contributed by atoms with E-state index in [1.807, 2.05) is 4.90 Å². The van der Waals surface area contributed by atoms with Gasteiger partial charge in [-0.05, 0) is 43.9 Å². The summed E-state index contributed by atoms with van der Waals surface area (Å²) in [4.78, 5) is 28.7. The molecule has 2 aliphatic heterocycles. The summed E-state index contributed by atoms with van der Waals surface area (Å²) < 4.78 is 40.3. The van der Waals surface area contributed by atoms with Crippen LogP contribution in [-0.2, 0) is 15.8 Å². The van der Waals surface area contributed by atoms with Gasteiger partial charge in [0.15, 0.2) is 0 Å². The van der Waals surface area contributed by atoms with E-state index in [0.717, 1.165) is 31.7 Å². The summed E-state index contributed by atoms with van der Waals surface area (Å²) in [7, 11) is 0. The zero-order valence-electron chi connectivity index (χ0n) is 17.8. The topological polar surface area (TPSA) is 90.4 Å². The van der Waals surface area contributed by atoms with Crippen LogP contribution in [0.2, 0.25) is 0 Å². The number of nitrogens with zero attached hydrogens (tertiary/aromatic N) is 3. The van der Waals surface area contributed by atoms with Crippen molar-refractivity contribution in [3.05, 3.63) is 29.3 Å². The maximum absolute atomic E-state index is 13.4. The molecule has 1 aliphatic carbocycles. The number of carbonyl (C=O) groups is 2. The van der Waals surface area contributed by atoms with Crippen LogP contribution in [0.5, 0.6) is 0 Å². The molecule has 0 aromatic heterocycles. The predicted molar refractivity (Wildman–Crippen MR) is 111 cm³/mol. The number of anilines is 1. The molecule has 4 rings (SSSR count). The molecule has 2 N–H and O–H groups in total. The third kappa shape index (κ3) is 4.03. The van der Waals surface area contributed by atoms with E-state index in [1.165, 1.54) is 12.1 Å². The molecule has 0 radical (unpaired) electrons. The fraction of sp³-hybridized carbons (Fsp3) is 0.609. The standard InChI is InChI=1S/C23H27F3N4O2/c24-23(25,26)18-11-17(6-5-16(18)12-27)30-13-19(20(28)31)22(14-30)7-9-29(10-8-22)21(32)15-3-1-2-4-15/h5-6,11,15,19H,1-4,7-10,13-14H2,(H2,28,31). The highest BCUT2D eigenvalue weighted by Crippen LogP contribution is 2.47. The number of nitrogens with two attached hydrogens (primary N) is 1. The zero-order chi connectivity index (χ0) is 23.1. The van der Waals surface area contributed by atoms with Gasteiger partial charge in [-0.1, -0.05) is 12.8 Å². The van der Waals surface area contributed by atoms with Crippen molar-refractivity contribution in [2.75, 3.05) is 31.1 Å². The van der Waals surface area contributed by atoms with Gasteiger partial charge in [0.05, 0.1) is 23.1 Å². The van der Waals surface area contributed by atoms with Gasteiger partial charge < -0.3 is 15.5 Å². The number of carbonyl (C=O) groups excluding carboxylic acids is 2. The lowest BCUT2D eigenvalue weighted by Crippen LogP contribution is -2.50. The van der Waals surface area contributed by atoms with Crippen LogP contribution < -0.4 is 10.6 Å². The van der Waals surface area contributed by atoms with E-state index in [2.05, 4.69) is 0 Å². The van der Waals surface area contributed by atoms with Crippen molar-refractivity contribution in [3.8, 4) is 6.07 Å². The van der Waals surface area contributed by atoms with Crippen molar-refractivity contribution in [3.63, 3.8) is 0 Å². The fourth-order valence-electron chi connectivity index (χ4n) is 5.73. The van der Waals surface area contributed by atoms with Crippen LogP contribution in [0.25, 0.3) is 0 Å². The minimum atomic E-state index is -4.65. The minimum Gasteiger partial charge on any atom is -0.370 e. The number of primary amides is 1. The Bertz CT molecular complexity index is 942. The molecular weight excluding hydrogens is 421 g/mol. The quantitative estimate of drug-likeness (QED) is 0.768. The van der Waals surface area contributed by atoms with E-state index in [0.29, 0.717) is 38.2 Å². The molecule has 0 bridgehead atoms. The Morgan fingerprint density at radius 3 is 2.38 bits per heavy atom. The number of likely N-dealkylation sites (tertiary alicyclic amines) is 1. The lowest BCUT2D eigenvalue weighted by atomic mass is 9.70. The third-order valence-electron chi connectivity index (χ3n) is 7.56. The Hall–Kier alpha value is -2.76. The average molecular weight is 448 g/mol. The number of hydrogen-bond acceptors (Lipinski definition) is 4. The molecule has 1 spiro atoms. The summed E-state index contributed by atoms with van der Waals surface area (Å²) in [5.41, 5.74) is 4.16. The molecule has 1 aromatic carbocycles. The average Bonchev–Trinajstić information content (AvgIpc) is 3.41. The van der Waals surface area contributed by atoms with Crippen LogP contribution in [0.4, 0.5) is 18.9 Å². The first-order valence-corrected chi connectivity index (χ1v) is 11.1. The van der Waals surface area contributed by atoms with Crippen molar-refractivity contribution in [2.24, 2.45) is 23.0 Å². The molecule has 1 atom stereocenters. The molecule has 1 aromatic rings. The van der Waals surface area contributed by atoms with Gasteiger partial charge in [0.2, 0.25) is 11.8 Å². The van der Waals surface area contributed by atoms with E-state index >= 15 is 0 Å². The highest BCUT2D eigenvalue weighted by Gasteiger charge is 2.51. The summed E-state index contributed by atoms with van der Waals surface area (Å²) >= 11 is 0. The van der Waals surface area contributed by atoms with Gasteiger partial charge in [0.1, 0.15) is 0 Å². The third-order valence-corrected chi connectivity index (χ3v) is 7.56. The maximum atomic E-state index is 13.4.